The molecule has 4 nitrogen and oxygen atoms in total. The van der Waals surface area contributed by atoms with Gasteiger partial charge in [-0.3, -0.25) is 4.98 Å². The zero-order valence-electron chi connectivity index (χ0n) is 9.85. The molecular formula is C13H9Cl2NO3. The van der Waals surface area contributed by atoms with E-state index in [9.17, 15) is 4.79 Å². The summed E-state index contributed by atoms with van der Waals surface area (Å²) in [5.41, 5.74) is 0.597. The molecule has 0 saturated heterocycles. The number of aromatic nitrogens is 1. The molecule has 6 heteroatoms. The number of carboxylic acid groups (broad SMARTS) is 1. The highest BCUT2D eigenvalue weighted by atomic mass is 35.5. The normalized spacial score (nSPS) is 10.3. The first kappa shape index (κ1) is 13.6. The van der Waals surface area contributed by atoms with Crippen LogP contribution in [-0.2, 0) is 0 Å². The summed E-state index contributed by atoms with van der Waals surface area (Å²) in [6, 6.07) is 6.42. The predicted octanol–water partition coefficient (Wildman–Crippen LogP) is 4.19. The van der Waals surface area contributed by atoms with Crippen molar-refractivity contribution in [3.8, 4) is 11.5 Å². The third kappa shape index (κ3) is 2.97. The van der Waals surface area contributed by atoms with Gasteiger partial charge in [0.05, 0.1) is 5.02 Å². The number of hydrogen-bond donors (Lipinski definition) is 1. The van der Waals surface area contributed by atoms with E-state index in [4.69, 9.17) is 33.0 Å². The van der Waals surface area contributed by atoms with Crippen molar-refractivity contribution in [2.24, 2.45) is 0 Å². The van der Waals surface area contributed by atoms with Crippen LogP contribution in [0.2, 0.25) is 10.0 Å². The number of aromatic carboxylic acids is 1. The predicted molar refractivity (Wildman–Crippen MR) is 72.5 cm³/mol. The molecule has 2 aromatic rings. The maximum atomic E-state index is 11.1. The summed E-state index contributed by atoms with van der Waals surface area (Å²) in [5.74, 6) is -0.660. The van der Waals surface area contributed by atoms with Crippen LogP contribution in [-0.4, -0.2) is 16.1 Å². The molecule has 0 bridgehead atoms. The van der Waals surface area contributed by atoms with Crippen molar-refractivity contribution in [1.29, 1.82) is 0 Å². The lowest BCUT2D eigenvalue weighted by Gasteiger charge is -2.11. The number of pyridine rings is 1. The lowest BCUT2D eigenvalue weighted by molar-refractivity contribution is 0.0693. The standard InChI is InChI=1S/C13H9Cl2NO3/c1-7-5-11(8(6-16-7)13(17)18)19-10-4-2-3-9(14)12(10)15/h2-6H,1H3,(H,17,18). The molecule has 98 valence electrons. The topological polar surface area (TPSA) is 59.4 Å². The quantitative estimate of drug-likeness (QED) is 0.923. The van der Waals surface area contributed by atoms with Gasteiger partial charge < -0.3 is 9.84 Å². The van der Waals surface area contributed by atoms with Crippen LogP contribution in [0.4, 0.5) is 0 Å². The van der Waals surface area contributed by atoms with Gasteiger partial charge >= 0.3 is 5.97 Å². The Balaban J connectivity index is 2.45. The van der Waals surface area contributed by atoms with E-state index < -0.39 is 5.97 Å². The van der Waals surface area contributed by atoms with E-state index in [1.165, 1.54) is 12.3 Å². The first-order chi connectivity index (χ1) is 8.99. The van der Waals surface area contributed by atoms with Crippen LogP contribution in [0.5, 0.6) is 11.5 Å². The van der Waals surface area contributed by atoms with Crippen molar-refractivity contribution in [3.05, 3.63) is 51.8 Å². The summed E-state index contributed by atoms with van der Waals surface area (Å²) in [6.07, 6.45) is 1.24. The number of carboxylic acids is 1. The lowest BCUT2D eigenvalue weighted by atomic mass is 10.2. The highest BCUT2D eigenvalue weighted by Gasteiger charge is 2.15. The smallest absolute Gasteiger partial charge is 0.341 e. The van der Waals surface area contributed by atoms with Crippen LogP contribution in [0.1, 0.15) is 16.1 Å². The van der Waals surface area contributed by atoms with Gasteiger partial charge in [0, 0.05) is 18.0 Å². The van der Waals surface area contributed by atoms with Crippen LogP contribution in [0.3, 0.4) is 0 Å². The molecule has 1 aromatic heterocycles. The molecule has 0 spiro atoms. The molecule has 0 aliphatic rings. The van der Waals surface area contributed by atoms with Gasteiger partial charge in [0.1, 0.15) is 22.1 Å². The number of ether oxygens (including phenoxy) is 1. The van der Waals surface area contributed by atoms with Crippen LogP contribution >= 0.6 is 23.2 Å². The van der Waals surface area contributed by atoms with Crippen LogP contribution < -0.4 is 4.74 Å². The minimum atomic E-state index is -1.12. The number of nitrogens with zero attached hydrogens (tertiary/aromatic N) is 1. The Labute approximate surface area is 119 Å². The minimum absolute atomic E-state index is 0.0401. The summed E-state index contributed by atoms with van der Waals surface area (Å²) < 4.78 is 5.53. The monoisotopic (exact) mass is 297 g/mol. The summed E-state index contributed by atoms with van der Waals surface area (Å²) in [5, 5.41) is 9.65. The summed E-state index contributed by atoms with van der Waals surface area (Å²) in [6.45, 7) is 1.73. The molecule has 1 aromatic carbocycles. The Kier molecular flexibility index (Phi) is 3.93. The molecule has 0 fully saturated rings. The van der Waals surface area contributed by atoms with Crippen molar-refractivity contribution < 1.29 is 14.6 Å². The van der Waals surface area contributed by atoms with Crippen molar-refractivity contribution in [1.82, 2.24) is 4.98 Å². The molecule has 0 atom stereocenters. The summed E-state index contributed by atoms with van der Waals surface area (Å²) in [4.78, 5) is 15.0. The third-order valence-corrected chi connectivity index (χ3v) is 3.17. The van der Waals surface area contributed by atoms with Crippen molar-refractivity contribution >= 4 is 29.2 Å². The molecule has 0 aliphatic heterocycles. The van der Waals surface area contributed by atoms with Gasteiger partial charge in [-0.1, -0.05) is 29.3 Å². The Morgan fingerprint density at radius 3 is 2.74 bits per heavy atom. The first-order valence-electron chi connectivity index (χ1n) is 5.31. The number of benzene rings is 1. The fraction of sp³-hybridized carbons (Fsp3) is 0.0769. The Hall–Kier alpha value is -1.78. The summed E-state index contributed by atoms with van der Waals surface area (Å²) in [7, 11) is 0. The van der Waals surface area contributed by atoms with Crippen LogP contribution in [0.25, 0.3) is 0 Å². The third-order valence-electron chi connectivity index (χ3n) is 2.37. The Morgan fingerprint density at radius 1 is 1.32 bits per heavy atom. The van der Waals surface area contributed by atoms with Crippen molar-refractivity contribution in [3.63, 3.8) is 0 Å². The largest absolute Gasteiger partial charge is 0.477 e. The molecule has 1 heterocycles. The number of rotatable bonds is 3. The molecule has 0 unspecified atom stereocenters. The molecule has 0 aliphatic carbocycles. The van der Waals surface area contributed by atoms with E-state index in [-0.39, 0.29) is 16.3 Å². The van der Waals surface area contributed by atoms with Crippen molar-refractivity contribution in [2.75, 3.05) is 0 Å². The highest BCUT2D eigenvalue weighted by molar-refractivity contribution is 6.42. The molecule has 19 heavy (non-hydrogen) atoms. The number of halogens is 2. The zero-order valence-corrected chi connectivity index (χ0v) is 11.4. The number of carbonyl (C=O) groups is 1. The molecule has 2 rings (SSSR count). The zero-order chi connectivity index (χ0) is 14.0. The van der Waals surface area contributed by atoms with Crippen LogP contribution in [0.15, 0.2) is 30.5 Å². The second kappa shape index (κ2) is 5.47. The van der Waals surface area contributed by atoms with E-state index in [0.29, 0.717) is 16.5 Å². The van der Waals surface area contributed by atoms with E-state index >= 15 is 0 Å². The van der Waals surface area contributed by atoms with Crippen molar-refractivity contribution in [2.45, 2.75) is 6.92 Å². The van der Waals surface area contributed by atoms with Gasteiger partial charge in [0.15, 0.2) is 0 Å². The van der Waals surface area contributed by atoms with Gasteiger partial charge in [-0.15, -0.1) is 0 Å². The van der Waals surface area contributed by atoms with E-state index in [1.807, 2.05) is 0 Å². The molecule has 1 N–H and O–H groups in total. The maximum absolute atomic E-state index is 11.1. The van der Waals surface area contributed by atoms with Gasteiger partial charge in [0.2, 0.25) is 0 Å². The minimum Gasteiger partial charge on any atom is -0.477 e. The Bertz CT molecular complexity index is 644. The molecule has 0 radical (unpaired) electrons. The molecular weight excluding hydrogens is 289 g/mol. The van der Waals surface area contributed by atoms with E-state index in [0.717, 1.165) is 0 Å². The lowest BCUT2D eigenvalue weighted by Crippen LogP contribution is -2.02. The van der Waals surface area contributed by atoms with E-state index in [2.05, 4.69) is 4.98 Å². The number of aryl methyl sites for hydroxylation is 1. The fourth-order valence-corrected chi connectivity index (χ4v) is 1.79. The fourth-order valence-electron chi connectivity index (χ4n) is 1.46. The summed E-state index contributed by atoms with van der Waals surface area (Å²) >= 11 is 11.9. The average molecular weight is 298 g/mol. The Morgan fingerprint density at radius 2 is 2.05 bits per heavy atom. The van der Waals surface area contributed by atoms with Gasteiger partial charge in [-0.25, -0.2) is 4.79 Å². The van der Waals surface area contributed by atoms with Gasteiger partial charge in [-0.05, 0) is 19.1 Å². The molecule has 0 amide bonds. The molecule has 0 saturated carbocycles. The maximum Gasteiger partial charge on any atom is 0.341 e. The van der Waals surface area contributed by atoms with Gasteiger partial charge in [-0.2, -0.15) is 0 Å². The SMILES string of the molecule is Cc1cc(Oc2cccc(Cl)c2Cl)c(C(=O)O)cn1. The number of hydrogen-bond acceptors (Lipinski definition) is 3. The second-order valence-corrected chi connectivity index (χ2v) is 4.57. The van der Waals surface area contributed by atoms with Crippen LogP contribution in [0, 0.1) is 6.92 Å². The van der Waals surface area contributed by atoms with Gasteiger partial charge in [0.25, 0.3) is 0 Å². The second-order valence-electron chi connectivity index (χ2n) is 3.78. The first-order valence-corrected chi connectivity index (χ1v) is 6.06. The van der Waals surface area contributed by atoms with E-state index in [1.54, 1.807) is 25.1 Å². The highest BCUT2D eigenvalue weighted by Crippen LogP contribution is 2.35. The average Bonchev–Trinajstić information content (AvgIpc) is 2.35.